The lowest BCUT2D eigenvalue weighted by Gasteiger charge is -2.31. The molecule has 0 radical (unpaired) electrons. The van der Waals surface area contributed by atoms with Crippen LogP contribution >= 0.6 is 22.9 Å². The molecule has 0 N–H and O–H groups in total. The van der Waals surface area contributed by atoms with Gasteiger partial charge in [0.1, 0.15) is 10.8 Å². The van der Waals surface area contributed by atoms with E-state index in [-0.39, 0.29) is 17.6 Å². The normalized spacial score (nSPS) is 17.1. The molecule has 3 aromatic rings. The highest BCUT2D eigenvalue weighted by Crippen LogP contribution is 2.34. The second-order valence-electron chi connectivity index (χ2n) is 6.53. The molecule has 1 aliphatic rings. The number of piperidine rings is 1. The number of nitrogens with zero attached hydrogens (tertiary/aromatic N) is 3. The highest BCUT2D eigenvalue weighted by molar-refractivity contribution is 7.14. The average molecular weight is 402 g/mol. The van der Waals surface area contributed by atoms with E-state index in [9.17, 15) is 9.18 Å². The molecule has 138 valence electrons. The zero-order chi connectivity index (χ0) is 18.8. The minimum absolute atomic E-state index is 0.0268. The zero-order valence-electron chi connectivity index (χ0n) is 14.4. The third kappa shape index (κ3) is 3.87. The molecule has 0 spiro atoms. The number of rotatable bonds is 3. The van der Waals surface area contributed by atoms with Crippen molar-refractivity contribution in [1.82, 2.24) is 15.1 Å². The molecule has 4 nitrogen and oxygen atoms in total. The van der Waals surface area contributed by atoms with Crippen LogP contribution in [0.4, 0.5) is 4.39 Å². The molecule has 0 bridgehead atoms. The van der Waals surface area contributed by atoms with Gasteiger partial charge >= 0.3 is 0 Å². The second kappa shape index (κ2) is 7.74. The molecule has 1 fully saturated rings. The van der Waals surface area contributed by atoms with Gasteiger partial charge < -0.3 is 4.90 Å². The highest BCUT2D eigenvalue weighted by Gasteiger charge is 2.28. The van der Waals surface area contributed by atoms with Crippen LogP contribution in [0.15, 0.2) is 48.5 Å². The Morgan fingerprint density at radius 2 is 2.04 bits per heavy atom. The number of hydrogen-bond donors (Lipinski definition) is 0. The molecule has 1 atom stereocenters. The SMILES string of the molecule is O=C(c1cccc(Cl)c1)N1CCC[C@H](c2nnc(-c3ccccc3F)s2)C1. The summed E-state index contributed by atoms with van der Waals surface area (Å²) in [7, 11) is 0. The Labute approximate surface area is 165 Å². The van der Waals surface area contributed by atoms with Crippen molar-refractivity contribution >= 4 is 28.8 Å². The fourth-order valence-electron chi connectivity index (χ4n) is 3.31. The van der Waals surface area contributed by atoms with E-state index in [4.69, 9.17) is 11.6 Å². The summed E-state index contributed by atoms with van der Waals surface area (Å²) in [6.07, 6.45) is 1.83. The first kappa shape index (κ1) is 18.1. The molecular formula is C20H17ClFN3OS. The van der Waals surface area contributed by atoms with Gasteiger partial charge in [-0.05, 0) is 43.2 Å². The molecule has 1 aliphatic heterocycles. The molecule has 27 heavy (non-hydrogen) atoms. The topological polar surface area (TPSA) is 46.1 Å². The number of likely N-dealkylation sites (tertiary alicyclic amines) is 1. The Morgan fingerprint density at radius 3 is 2.85 bits per heavy atom. The highest BCUT2D eigenvalue weighted by atomic mass is 35.5. The molecule has 2 aromatic carbocycles. The van der Waals surface area contributed by atoms with E-state index in [1.807, 2.05) is 4.90 Å². The van der Waals surface area contributed by atoms with Crippen LogP contribution in [0.25, 0.3) is 10.6 Å². The predicted molar refractivity (Wildman–Crippen MR) is 105 cm³/mol. The molecular weight excluding hydrogens is 385 g/mol. The fraction of sp³-hybridized carbons (Fsp3) is 0.250. The van der Waals surface area contributed by atoms with E-state index in [1.54, 1.807) is 42.5 Å². The van der Waals surface area contributed by atoms with Crippen LogP contribution < -0.4 is 0 Å². The Morgan fingerprint density at radius 1 is 1.19 bits per heavy atom. The first-order chi connectivity index (χ1) is 13.1. The number of carbonyl (C=O) groups is 1. The van der Waals surface area contributed by atoms with Gasteiger partial charge in [-0.25, -0.2) is 4.39 Å². The lowest BCUT2D eigenvalue weighted by molar-refractivity contribution is 0.0707. The minimum atomic E-state index is -0.304. The molecule has 1 aromatic heterocycles. The van der Waals surface area contributed by atoms with Crippen molar-refractivity contribution in [3.8, 4) is 10.6 Å². The van der Waals surface area contributed by atoms with Crippen LogP contribution in [0.5, 0.6) is 0 Å². The van der Waals surface area contributed by atoms with Gasteiger partial charge in [0.05, 0.1) is 0 Å². The fourth-order valence-corrected chi connectivity index (χ4v) is 4.50. The molecule has 0 unspecified atom stereocenters. The molecule has 1 amide bonds. The van der Waals surface area contributed by atoms with Gasteiger partial charge in [0.15, 0.2) is 5.01 Å². The maximum absolute atomic E-state index is 14.0. The van der Waals surface area contributed by atoms with Crippen molar-refractivity contribution in [1.29, 1.82) is 0 Å². The van der Waals surface area contributed by atoms with Gasteiger partial charge in [0.25, 0.3) is 5.91 Å². The lowest BCUT2D eigenvalue weighted by atomic mass is 9.98. The third-order valence-electron chi connectivity index (χ3n) is 4.67. The summed E-state index contributed by atoms with van der Waals surface area (Å²) in [4.78, 5) is 14.6. The zero-order valence-corrected chi connectivity index (χ0v) is 16.0. The van der Waals surface area contributed by atoms with Crippen molar-refractivity contribution in [2.75, 3.05) is 13.1 Å². The molecule has 2 heterocycles. The van der Waals surface area contributed by atoms with Gasteiger partial charge in [-0.15, -0.1) is 10.2 Å². The molecule has 7 heteroatoms. The summed E-state index contributed by atoms with van der Waals surface area (Å²) in [6, 6.07) is 13.6. The summed E-state index contributed by atoms with van der Waals surface area (Å²) in [5.41, 5.74) is 1.05. The minimum Gasteiger partial charge on any atom is -0.338 e. The number of hydrogen-bond acceptors (Lipinski definition) is 4. The van der Waals surface area contributed by atoms with Crippen LogP contribution in [-0.2, 0) is 0 Å². The first-order valence-corrected chi connectivity index (χ1v) is 9.94. The summed E-state index contributed by atoms with van der Waals surface area (Å²) < 4.78 is 14.0. The van der Waals surface area contributed by atoms with Crippen molar-refractivity contribution < 1.29 is 9.18 Å². The number of amides is 1. The van der Waals surface area contributed by atoms with Crippen LogP contribution in [0.1, 0.15) is 34.1 Å². The second-order valence-corrected chi connectivity index (χ2v) is 7.97. The van der Waals surface area contributed by atoms with Crippen LogP contribution in [0, 0.1) is 5.82 Å². The van der Waals surface area contributed by atoms with Crippen molar-refractivity contribution in [3.63, 3.8) is 0 Å². The predicted octanol–water partition coefficient (Wildman–Crippen LogP) is 5.02. The van der Waals surface area contributed by atoms with Crippen LogP contribution in [0.2, 0.25) is 5.02 Å². The largest absolute Gasteiger partial charge is 0.338 e. The quantitative estimate of drug-likeness (QED) is 0.619. The average Bonchev–Trinajstić information content (AvgIpc) is 3.18. The number of benzene rings is 2. The Balaban J connectivity index is 1.52. The lowest BCUT2D eigenvalue weighted by Crippen LogP contribution is -2.39. The Hall–Kier alpha value is -2.31. The summed E-state index contributed by atoms with van der Waals surface area (Å²) >= 11 is 7.41. The van der Waals surface area contributed by atoms with Crippen LogP contribution in [-0.4, -0.2) is 34.1 Å². The van der Waals surface area contributed by atoms with Gasteiger partial charge in [0.2, 0.25) is 0 Å². The van der Waals surface area contributed by atoms with E-state index >= 15 is 0 Å². The maximum atomic E-state index is 14.0. The maximum Gasteiger partial charge on any atom is 0.253 e. The number of aromatic nitrogens is 2. The van der Waals surface area contributed by atoms with Gasteiger partial charge in [-0.2, -0.15) is 0 Å². The van der Waals surface area contributed by atoms with Gasteiger partial charge in [-0.1, -0.05) is 41.1 Å². The number of carbonyl (C=O) groups excluding carboxylic acids is 1. The Kier molecular flexibility index (Phi) is 5.18. The summed E-state index contributed by atoms with van der Waals surface area (Å²) in [6.45, 7) is 1.29. The molecule has 4 rings (SSSR count). The molecule has 0 aliphatic carbocycles. The molecule has 1 saturated heterocycles. The number of halogens is 2. The van der Waals surface area contributed by atoms with Crippen molar-refractivity contribution in [3.05, 3.63) is 69.9 Å². The monoisotopic (exact) mass is 401 g/mol. The summed E-state index contributed by atoms with van der Waals surface area (Å²) in [5.74, 6) is -0.220. The Bertz CT molecular complexity index is 977. The van der Waals surface area contributed by atoms with E-state index < -0.39 is 0 Å². The van der Waals surface area contributed by atoms with Gasteiger partial charge in [0, 0.05) is 35.2 Å². The van der Waals surface area contributed by atoms with Gasteiger partial charge in [-0.3, -0.25) is 4.79 Å². The van der Waals surface area contributed by atoms with Crippen molar-refractivity contribution in [2.24, 2.45) is 0 Å². The van der Waals surface area contributed by atoms with E-state index in [0.717, 1.165) is 17.8 Å². The van der Waals surface area contributed by atoms with Crippen LogP contribution in [0.3, 0.4) is 0 Å². The van der Waals surface area contributed by atoms with E-state index in [0.29, 0.717) is 34.2 Å². The smallest absolute Gasteiger partial charge is 0.253 e. The third-order valence-corrected chi connectivity index (χ3v) is 6.03. The first-order valence-electron chi connectivity index (χ1n) is 8.75. The standard InChI is InChI=1S/C20H17ClFN3OS/c21-15-7-3-5-13(11-15)20(26)25-10-4-6-14(12-25)18-23-24-19(27-18)16-8-1-2-9-17(16)22/h1-3,5,7-9,11,14H,4,6,10,12H2/t14-/m0/s1. The van der Waals surface area contributed by atoms with Crippen molar-refractivity contribution in [2.45, 2.75) is 18.8 Å². The van der Waals surface area contributed by atoms with E-state index in [2.05, 4.69) is 10.2 Å². The molecule has 0 saturated carbocycles. The van der Waals surface area contributed by atoms with E-state index in [1.165, 1.54) is 17.4 Å². The summed E-state index contributed by atoms with van der Waals surface area (Å²) in [5, 5.41) is 10.4.